The van der Waals surface area contributed by atoms with Gasteiger partial charge in [-0.15, -0.1) is 6.42 Å². The van der Waals surface area contributed by atoms with Crippen molar-refractivity contribution in [2.75, 3.05) is 18.6 Å². The van der Waals surface area contributed by atoms with E-state index in [2.05, 4.69) is 16.0 Å². The number of rotatable bonds is 5. The van der Waals surface area contributed by atoms with Gasteiger partial charge in [-0.05, 0) is 42.5 Å². The van der Waals surface area contributed by atoms with Crippen LogP contribution in [0.5, 0.6) is 5.75 Å². The van der Waals surface area contributed by atoms with Crippen molar-refractivity contribution < 1.29 is 28.7 Å². The lowest BCUT2D eigenvalue weighted by Gasteiger charge is -2.26. The molecule has 3 rings (SSSR count). The van der Waals surface area contributed by atoms with E-state index in [9.17, 15) is 19.2 Å². The summed E-state index contributed by atoms with van der Waals surface area (Å²) in [6, 6.07) is 7.39. The highest BCUT2D eigenvalue weighted by molar-refractivity contribution is 6.40. The smallest absolute Gasteiger partial charge is 0.337 e. The van der Waals surface area contributed by atoms with Crippen LogP contribution in [0.15, 0.2) is 42.0 Å². The van der Waals surface area contributed by atoms with Crippen molar-refractivity contribution in [1.82, 2.24) is 5.32 Å². The van der Waals surface area contributed by atoms with E-state index < -0.39 is 23.8 Å². The minimum Gasteiger partial charge on any atom is -0.479 e. The van der Waals surface area contributed by atoms with E-state index in [0.29, 0.717) is 0 Å². The zero-order valence-electron chi connectivity index (χ0n) is 16.5. The summed E-state index contributed by atoms with van der Waals surface area (Å²) in [7, 11) is 1.23. The van der Waals surface area contributed by atoms with Crippen molar-refractivity contribution >= 4 is 58.8 Å². The van der Waals surface area contributed by atoms with Gasteiger partial charge in [0.15, 0.2) is 0 Å². The molecule has 2 aromatic rings. The van der Waals surface area contributed by atoms with Crippen molar-refractivity contribution in [2.24, 2.45) is 0 Å². The number of ether oxygens (including phenoxy) is 2. The summed E-state index contributed by atoms with van der Waals surface area (Å²) >= 11 is 12.2. The lowest BCUT2D eigenvalue weighted by Crippen LogP contribution is -2.54. The molecule has 1 aliphatic heterocycles. The molecule has 0 atom stereocenters. The fourth-order valence-electron chi connectivity index (χ4n) is 2.87. The number of carbonyl (C=O) groups is 4. The second-order valence-electron chi connectivity index (χ2n) is 6.30. The molecule has 162 valence electrons. The topological polar surface area (TPSA) is 102 Å². The fourth-order valence-corrected chi connectivity index (χ4v) is 3.43. The zero-order chi connectivity index (χ0) is 23.4. The van der Waals surface area contributed by atoms with Gasteiger partial charge in [0.1, 0.15) is 17.9 Å². The number of nitrogens with one attached hydrogen (secondary N) is 1. The lowest BCUT2D eigenvalue weighted by atomic mass is 10.1. The molecule has 4 amide bonds. The van der Waals surface area contributed by atoms with E-state index in [0.717, 1.165) is 4.90 Å². The summed E-state index contributed by atoms with van der Waals surface area (Å²) < 4.78 is 10.0. The maximum absolute atomic E-state index is 13.1. The minimum absolute atomic E-state index is 0.116. The highest BCUT2D eigenvalue weighted by Gasteiger charge is 2.37. The molecule has 1 saturated heterocycles. The standard InChI is InChI=1S/C22H14Cl2N2O6/c1-3-8-32-18-13(9-14(23)11-17(18)24)10-16-19(27)25-22(30)26(20(16)28)15-6-4-12(5-7-15)21(29)31-2/h1,4-7,9-11H,8H2,2H3,(H,25,27,30)/b16-10+. The van der Waals surface area contributed by atoms with E-state index in [4.69, 9.17) is 34.4 Å². The second-order valence-corrected chi connectivity index (χ2v) is 7.14. The van der Waals surface area contributed by atoms with Crippen LogP contribution in [0.2, 0.25) is 10.0 Å². The molecule has 0 unspecified atom stereocenters. The number of anilines is 1. The van der Waals surface area contributed by atoms with Crippen LogP contribution >= 0.6 is 23.2 Å². The van der Waals surface area contributed by atoms with Gasteiger partial charge >= 0.3 is 12.0 Å². The van der Waals surface area contributed by atoms with E-state index in [-0.39, 0.29) is 44.8 Å². The molecule has 0 aliphatic carbocycles. The number of hydrogen-bond acceptors (Lipinski definition) is 6. The van der Waals surface area contributed by atoms with Crippen LogP contribution in [-0.2, 0) is 14.3 Å². The Bertz CT molecular complexity index is 1200. The summed E-state index contributed by atoms with van der Waals surface area (Å²) in [5.74, 6) is 0.0104. The van der Waals surface area contributed by atoms with E-state index in [1.807, 2.05) is 0 Å². The van der Waals surface area contributed by atoms with Gasteiger partial charge < -0.3 is 9.47 Å². The summed E-state index contributed by atoms with van der Waals surface area (Å²) in [6.45, 7) is -0.116. The van der Waals surface area contributed by atoms with Crippen LogP contribution in [-0.4, -0.2) is 37.5 Å². The SMILES string of the molecule is C#CCOc1c(Cl)cc(Cl)cc1/C=C1\C(=O)NC(=O)N(c2ccc(C(=O)OC)cc2)C1=O. The van der Waals surface area contributed by atoms with Gasteiger partial charge in [0.25, 0.3) is 11.8 Å². The summed E-state index contributed by atoms with van der Waals surface area (Å²) in [4.78, 5) is 50.2. The Morgan fingerprint density at radius 3 is 2.50 bits per heavy atom. The maximum atomic E-state index is 13.1. The first kappa shape index (κ1) is 22.9. The molecule has 0 bridgehead atoms. The van der Waals surface area contributed by atoms with Crippen LogP contribution in [0.4, 0.5) is 10.5 Å². The van der Waals surface area contributed by atoms with Crippen LogP contribution in [0.3, 0.4) is 0 Å². The molecule has 32 heavy (non-hydrogen) atoms. The van der Waals surface area contributed by atoms with Crippen LogP contribution in [0.25, 0.3) is 6.08 Å². The number of nitrogens with zero attached hydrogens (tertiary/aromatic N) is 1. The lowest BCUT2D eigenvalue weighted by molar-refractivity contribution is -0.122. The van der Waals surface area contributed by atoms with Gasteiger partial charge in [-0.25, -0.2) is 14.5 Å². The Morgan fingerprint density at radius 1 is 1.19 bits per heavy atom. The molecule has 8 nitrogen and oxygen atoms in total. The molecule has 1 aliphatic rings. The number of amides is 4. The van der Waals surface area contributed by atoms with Crippen LogP contribution < -0.4 is 15.0 Å². The Hall–Kier alpha value is -3.80. The first-order chi connectivity index (χ1) is 15.3. The Kier molecular flexibility index (Phi) is 6.83. The molecular weight excluding hydrogens is 459 g/mol. The van der Waals surface area contributed by atoms with Gasteiger partial charge in [-0.1, -0.05) is 29.1 Å². The number of terminal acetylenes is 1. The number of imide groups is 2. The van der Waals surface area contributed by atoms with Crippen molar-refractivity contribution in [3.8, 4) is 18.1 Å². The molecule has 1 heterocycles. The molecule has 10 heteroatoms. The first-order valence-electron chi connectivity index (χ1n) is 8.92. The van der Waals surface area contributed by atoms with E-state index in [1.165, 1.54) is 49.6 Å². The molecule has 1 fully saturated rings. The number of carbonyl (C=O) groups excluding carboxylic acids is 4. The van der Waals surface area contributed by atoms with Gasteiger partial charge in [-0.3, -0.25) is 14.9 Å². The normalized spacial score (nSPS) is 14.8. The van der Waals surface area contributed by atoms with E-state index >= 15 is 0 Å². The molecule has 0 saturated carbocycles. The van der Waals surface area contributed by atoms with Crippen molar-refractivity contribution in [2.45, 2.75) is 0 Å². The summed E-state index contributed by atoms with van der Waals surface area (Å²) in [6.07, 6.45) is 6.42. The Labute approximate surface area is 192 Å². The highest BCUT2D eigenvalue weighted by Crippen LogP contribution is 2.34. The van der Waals surface area contributed by atoms with Crippen molar-refractivity contribution in [1.29, 1.82) is 0 Å². The van der Waals surface area contributed by atoms with Gasteiger partial charge in [0.2, 0.25) is 0 Å². The third-order valence-corrected chi connectivity index (χ3v) is 4.78. The van der Waals surface area contributed by atoms with Crippen LogP contribution in [0, 0.1) is 12.3 Å². The highest BCUT2D eigenvalue weighted by atomic mass is 35.5. The van der Waals surface area contributed by atoms with Crippen LogP contribution in [0.1, 0.15) is 15.9 Å². The predicted molar refractivity (Wildman–Crippen MR) is 118 cm³/mol. The monoisotopic (exact) mass is 472 g/mol. The number of esters is 1. The molecule has 0 aromatic heterocycles. The number of barbiturate groups is 1. The number of hydrogen-bond donors (Lipinski definition) is 1. The summed E-state index contributed by atoms with van der Waals surface area (Å²) in [5, 5.41) is 2.44. The maximum Gasteiger partial charge on any atom is 0.337 e. The van der Waals surface area contributed by atoms with Crippen molar-refractivity contribution in [3.05, 3.63) is 63.1 Å². The molecule has 2 aromatic carbocycles. The third kappa shape index (κ3) is 4.59. The molecule has 0 radical (unpaired) electrons. The minimum atomic E-state index is -0.948. The largest absolute Gasteiger partial charge is 0.479 e. The number of benzene rings is 2. The number of halogens is 2. The number of methoxy groups -OCH3 is 1. The van der Waals surface area contributed by atoms with Crippen molar-refractivity contribution in [3.63, 3.8) is 0 Å². The third-order valence-electron chi connectivity index (χ3n) is 4.29. The van der Waals surface area contributed by atoms with Gasteiger partial charge in [0, 0.05) is 10.6 Å². The average Bonchev–Trinajstić information content (AvgIpc) is 2.75. The quantitative estimate of drug-likeness (QED) is 0.309. The Morgan fingerprint density at radius 2 is 1.88 bits per heavy atom. The molecule has 0 spiro atoms. The fraction of sp³-hybridized carbons (Fsp3) is 0.0909. The summed E-state index contributed by atoms with van der Waals surface area (Å²) in [5.41, 5.74) is 0.195. The zero-order valence-corrected chi connectivity index (χ0v) is 18.0. The first-order valence-corrected chi connectivity index (χ1v) is 9.67. The number of urea groups is 1. The second kappa shape index (κ2) is 9.56. The average molecular weight is 473 g/mol. The molecule has 1 N–H and O–H groups in total. The molecular formula is C22H14Cl2N2O6. The van der Waals surface area contributed by atoms with Gasteiger partial charge in [0.05, 0.1) is 23.4 Å². The Balaban J connectivity index is 2.03. The van der Waals surface area contributed by atoms with E-state index in [1.54, 1.807) is 0 Å². The predicted octanol–water partition coefficient (Wildman–Crippen LogP) is 3.46. The van der Waals surface area contributed by atoms with Gasteiger partial charge in [-0.2, -0.15) is 0 Å².